The molecule has 0 saturated carbocycles. The Labute approximate surface area is 132 Å². The number of alkyl halides is 3. The van der Waals surface area contributed by atoms with E-state index in [-0.39, 0.29) is 5.97 Å². The van der Waals surface area contributed by atoms with Crippen molar-refractivity contribution in [2.75, 3.05) is 6.54 Å². The van der Waals surface area contributed by atoms with E-state index in [2.05, 4.69) is 0 Å². The first kappa shape index (κ1) is 14.5. The van der Waals surface area contributed by atoms with Crippen LogP contribution in [0.4, 0.5) is 0 Å². The van der Waals surface area contributed by atoms with Gasteiger partial charge in [-0.15, -0.1) is 0 Å². The van der Waals surface area contributed by atoms with Crippen LogP contribution in [0.1, 0.15) is 18.4 Å². The highest BCUT2D eigenvalue weighted by molar-refractivity contribution is 6.68. The molecule has 1 aromatic carbocycles. The lowest BCUT2D eigenvalue weighted by Crippen LogP contribution is -2.50. The number of ether oxygens (including phenoxy) is 1. The second-order valence-corrected chi connectivity index (χ2v) is 7.66. The zero-order chi connectivity index (χ0) is 14.4. The lowest BCUT2D eigenvalue weighted by Gasteiger charge is -2.32. The number of halogens is 3. The van der Waals surface area contributed by atoms with Crippen molar-refractivity contribution in [3.8, 4) is 0 Å². The lowest BCUT2D eigenvalue weighted by molar-refractivity contribution is -0.145. The molecule has 2 aliphatic rings. The predicted octanol–water partition coefficient (Wildman–Crippen LogP) is 3.32. The quantitative estimate of drug-likeness (QED) is 0.614. The Morgan fingerprint density at radius 2 is 2.00 bits per heavy atom. The molecule has 0 radical (unpaired) electrons. The summed E-state index contributed by atoms with van der Waals surface area (Å²) in [4.78, 5) is 14.3. The maximum Gasteiger partial charge on any atom is 0.328 e. The number of hydrogen-bond acceptors (Lipinski definition) is 3. The minimum atomic E-state index is -1.63. The van der Waals surface area contributed by atoms with E-state index in [1.54, 1.807) is 0 Å². The highest BCUT2D eigenvalue weighted by Crippen LogP contribution is 2.47. The van der Waals surface area contributed by atoms with E-state index < -0.39 is 15.6 Å². The maximum absolute atomic E-state index is 12.4. The molecular formula is C14H14Cl3NO2. The normalized spacial score (nSPS) is 30.4. The van der Waals surface area contributed by atoms with Crippen molar-refractivity contribution in [1.29, 1.82) is 0 Å². The van der Waals surface area contributed by atoms with E-state index in [4.69, 9.17) is 39.5 Å². The predicted molar refractivity (Wildman–Crippen MR) is 79.0 cm³/mol. The summed E-state index contributed by atoms with van der Waals surface area (Å²) in [6.07, 6.45) is 1.42. The van der Waals surface area contributed by atoms with Crippen LogP contribution in [0.2, 0.25) is 0 Å². The van der Waals surface area contributed by atoms with Gasteiger partial charge in [0, 0.05) is 13.0 Å². The molecule has 0 bridgehead atoms. The number of carbonyl (C=O) groups is 1. The third-order valence-electron chi connectivity index (χ3n) is 4.04. The fourth-order valence-electron chi connectivity index (χ4n) is 3.17. The minimum absolute atomic E-state index is 0.282. The SMILES string of the molecule is O=C1O[C@H](C(Cl)(Cl)Cl)N2CCC[C@@]12Cc1ccccc1. The van der Waals surface area contributed by atoms with Gasteiger partial charge in [-0.1, -0.05) is 65.1 Å². The molecule has 0 unspecified atom stereocenters. The number of nitrogens with zero attached hydrogens (tertiary/aromatic N) is 1. The first-order chi connectivity index (χ1) is 9.43. The van der Waals surface area contributed by atoms with Crippen LogP contribution in [0.15, 0.2) is 30.3 Å². The zero-order valence-electron chi connectivity index (χ0n) is 10.7. The molecule has 2 atom stereocenters. The summed E-state index contributed by atoms with van der Waals surface area (Å²) >= 11 is 17.8. The highest BCUT2D eigenvalue weighted by atomic mass is 35.6. The van der Waals surface area contributed by atoms with Crippen LogP contribution in [0.3, 0.4) is 0 Å². The molecule has 0 aliphatic carbocycles. The Morgan fingerprint density at radius 3 is 2.65 bits per heavy atom. The van der Waals surface area contributed by atoms with Crippen molar-refractivity contribution in [2.45, 2.75) is 34.8 Å². The topological polar surface area (TPSA) is 29.5 Å². The molecule has 0 aromatic heterocycles. The smallest absolute Gasteiger partial charge is 0.328 e. The molecular weight excluding hydrogens is 321 g/mol. The van der Waals surface area contributed by atoms with Gasteiger partial charge in [0.2, 0.25) is 10.0 Å². The molecule has 3 rings (SSSR count). The third-order valence-corrected chi connectivity index (χ3v) is 4.60. The molecule has 0 N–H and O–H groups in total. The Kier molecular flexibility index (Phi) is 3.66. The molecule has 108 valence electrons. The summed E-state index contributed by atoms with van der Waals surface area (Å²) < 4.78 is 3.73. The van der Waals surface area contributed by atoms with Crippen molar-refractivity contribution < 1.29 is 9.53 Å². The number of carbonyl (C=O) groups excluding carboxylic acids is 1. The Hall–Kier alpha value is -0.480. The number of fused-ring (bicyclic) bond motifs is 1. The summed E-state index contributed by atoms with van der Waals surface area (Å²) in [6.45, 7) is 0.706. The molecule has 20 heavy (non-hydrogen) atoms. The first-order valence-electron chi connectivity index (χ1n) is 6.52. The fraction of sp³-hybridized carbons (Fsp3) is 0.500. The van der Waals surface area contributed by atoms with Gasteiger partial charge in [0.15, 0.2) is 0 Å². The van der Waals surface area contributed by atoms with E-state index in [0.29, 0.717) is 13.0 Å². The van der Waals surface area contributed by atoms with Crippen molar-refractivity contribution in [1.82, 2.24) is 4.90 Å². The summed E-state index contributed by atoms with van der Waals surface area (Å²) in [5.41, 5.74) is 0.400. The summed E-state index contributed by atoms with van der Waals surface area (Å²) in [5.74, 6) is -0.282. The van der Waals surface area contributed by atoms with Gasteiger partial charge in [-0.25, -0.2) is 9.69 Å². The van der Waals surface area contributed by atoms with Gasteiger partial charge in [-0.05, 0) is 18.4 Å². The second-order valence-electron chi connectivity index (χ2n) is 5.29. The number of hydrogen-bond donors (Lipinski definition) is 0. The largest absolute Gasteiger partial charge is 0.440 e. The van der Waals surface area contributed by atoms with E-state index in [1.165, 1.54) is 0 Å². The Morgan fingerprint density at radius 1 is 1.30 bits per heavy atom. The van der Waals surface area contributed by atoms with Crippen LogP contribution in [-0.2, 0) is 16.0 Å². The van der Waals surface area contributed by atoms with Gasteiger partial charge in [-0.2, -0.15) is 0 Å². The Balaban J connectivity index is 1.93. The van der Waals surface area contributed by atoms with Crippen LogP contribution < -0.4 is 0 Å². The standard InChI is InChI=1S/C14H14Cl3NO2/c15-14(16,17)11-18-8-4-7-13(18,12(19)20-11)9-10-5-2-1-3-6-10/h1-3,5-6,11H,4,7-9H2/t11-,13-/m1/s1. The maximum atomic E-state index is 12.4. The van der Waals surface area contributed by atoms with Gasteiger partial charge >= 0.3 is 5.97 Å². The average Bonchev–Trinajstić information content (AvgIpc) is 2.90. The zero-order valence-corrected chi connectivity index (χ0v) is 13.0. The van der Waals surface area contributed by atoms with Crippen LogP contribution in [0.5, 0.6) is 0 Å². The van der Waals surface area contributed by atoms with E-state index >= 15 is 0 Å². The van der Waals surface area contributed by atoms with Crippen LogP contribution in [0.25, 0.3) is 0 Å². The van der Waals surface area contributed by atoms with Gasteiger partial charge < -0.3 is 4.74 Å². The van der Waals surface area contributed by atoms with Gasteiger partial charge in [0.25, 0.3) is 0 Å². The molecule has 2 saturated heterocycles. The molecule has 0 amide bonds. The van der Waals surface area contributed by atoms with Crippen LogP contribution in [-0.4, -0.2) is 33.0 Å². The second kappa shape index (κ2) is 5.06. The van der Waals surface area contributed by atoms with E-state index in [1.807, 2.05) is 35.2 Å². The summed E-state index contributed by atoms with van der Waals surface area (Å²) in [5, 5.41) is 0. The monoisotopic (exact) mass is 333 g/mol. The Bertz CT molecular complexity index is 517. The van der Waals surface area contributed by atoms with Crippen molar-refractivity contribution in [3.63, 3.8) is 0 Å². The van der Waals surface area contributed by atoms with Gasteiger partial charge in [0.05, 0.1) is 0 Å². The molecule has 6 heteroatoms. The number of rotatable bonds is 2. The van der Waals surface area contributed by atoms with Crippen molar-refractivity contribution >= 4 is 40.8 Å². The molecule has 2 aliphatic heterocycles. The average molecular weight is 335 g/mol. The summed E-state index contributed by atoms with van der Waals surface area (Å²) in [6, 6.07) is 9.86. The van der Waals surface area contributed by atoms with Gasteiger partial charge in [0.1, 0.15) is 5.54 Å². The highest BCUT2D eigenvalue weighted by Gasteiger charge is 2.62. The molecule has 1 aromatic rings. The minimum Gasteiger partial charge on any atom is -0.440 e. The molecule has 2 heterocycles. The summed E-state index contributed by atoms with van der Waals surface area (Å²) in [7, 11) is 0. The molecule has 0 spiro atoms. The number of benzene rings is 1. The van der Waals surface area contributed by atoms with Gasteiger partial charge in [-0.3, -0.25) is 0 Å². The van der Waals surface area contributed by atoms with E-state index in [0.717, 1.165) is 18.4 Å². The lowest BCUT2D eigenvalue weighted by atomic mass is 9.89. The third kappa shape index (κ3) is 2.31. The first-order valence-corrected chi connectivity index (χ1v) is 7.65. The molecule has 3 nitrogen and oxygen atoms in total. The van der Waals surface area contributed by atoms with E-state index in [9.17, 15) is 4.79 Å². The van der Waals surface area contributed by atoms with Crippen molar-refractivity contribution in [3.05, 3.63) is 35.9 Å². The number of cyclic esters (lactones) is 1. The van der Waals surface area contributed by atoms with Crippen LogP contribution in [0, 0.1) is 0 Å². The fourth-order valence-corrected chi connectivity index (χ4v) is 3.66. The van der Waals surface area contributed by atoms with Crippen molar-refractivity contribution in [2.24, 2.45) is 0 Å². The number of esters is 1. The van der Waals surface area contributed by atoms with Crippen LogP contribution >= 0.6 is 34.8 Å². The molecule has 2 fully saturated rings.